The molecule has 10 heterocycles. The van der Waals surface area contributed by atoms with Crippen LogP contribution in [0.4, 0.5) is 0 Å². The molecule has 20 heteroatoms. The van der Waals surface area contributed by atoms with Crippen molar-refractivity contribution >= 4 is 108 Å². The van der Waals surface area contributed by atoms with Crippen molar-refractivity contribution in [3.8, 4) is 45.7 Å². The predicted octanol–water partition coefficient (Wildman–Crippen LogP) is 32.6. The molecule has 0 unspecified atom stereocenters. The average Bonchev–Trinajstić information content (AvgIpc) is 0.814. The van der Waals surface area contributed by atoms with Crippen LogP contribution < -0.4 is 22.8 Å². The van der Waals surface area contributed by atoms with Gasteiger partial charge < -0.3 is 8.98 Å². The number of nitrogens with zero attached hydrogens (tertiary/aromatic N) is 18. The zero-order valence-electron chi connectivity index (χ0n) is 95.8. The molecular formula is C118H185N18OS+5. The van der Waals surface area contributed by atoms with Gasteiger partial charge in [0.15, 0.2) is 6.20 Å². The number of hydrogen-bond acceptors (Lipinski definition) is 14. The molecule has 138 heavy (non-hydrogen) atoms. The van der Waals surface area contributed by atoms with Gasteiger partial charge in [-0.1, -0.05) is 349 Å². The molecule has 0 spiro atoms. The quantitative estimate of drug-likeness (QED) is 0.119. The molecule has 0 radical (unpaired) electrons. The number of benzene rings is 8. The number of hydrogen-bond donors (Lipinski definition) is 0. The van der Waals surface area contributed by atoms with Crippen LogP contribution in [0.25, 0.3) is 142 Å². The van der Waals surface area contributed by atoms with E-state index in [4.69, 9.17) is 4.42 Å². The van der Waals surface area contributed by atoms with E-state index in [1.165, 1.54) is 132 Å². The van der Waals surface area contributed by atoms with E-state index >= 15 is 0 Å². The first-order valence-electron chi connectivity index (χ1n) is 51.5. The van der Waals surface area contributed by atoms with Gasteiger partial charge in [-0.15, -0.1) is 11.3 Å². The first-order chi connectivity index (χ1) is 67.4. The van der Waals surface area contributed by atoms with Gasteiger partial charge in [-0.05, 0) is 178 Å². The summed E-state index contributed by atoms with van der Waals surface area (Å²) < 4.78 is 20.6. The molecule has 0 aliphatic rings. The Kier molecular flexibility index (Phi) is 75.6. The Morgan fingerprint density at radius 1 is 0.268 bits per heavy atom. The van der Waals surface area contributed by atoms with Crippen molar-refractivity contribution in [2.45, 2.75) is 312 Å². The van der Waals surface area contributed by atoms with Gasteiger partial charge in [-0.3, -0.25) is 4.98 Å². The number of para-hydroxylation sites is 2. The lowest BCUT2D eigenvalue weighted by Crippen LogP contribution is -2.32. The summed E-state index contributed by atoms with van der Waals surface area (Å²) in [4.78, 5) is 50.6. The molecular weight excluding hydrogens is 1720 g/mol. The zero-order valence-corrected chi connectivity index (χ0v) is 96.7. The molecule has 754 valence electrons. The van der Waals surface area contributed by atoms with Gasteiger partial charge >= 0.3 is 0 Å². The minimum atomic E-state index is 0.792. The number of aromatic nitrogens is 18. The van der Waals surface area contributed by atoms with E-state index in [0.29, 0.717) is 0 Å². The minimum Gasteiger partial charge on any atom is -0.456 e. The highest BCUT2D eigenvalue weighted by Gasteiger charge is 2.24. The van der Waals surface area contributed by atoms with Gasteiger partial charge in [0.2, 0.25) is 25.3 Å². The number of thiophene rings is 1. The summed E-state index contributed by atoms with van der Waals surface area (Å²) in [5, 5.41) is 13.9. The Morgan fingerprint density at radius 2 is 0.645 bits per heavy atom. The van der Waals surface area contributed by atoms with Crippen LogP contribution in [0.2, 0.25) is 0 Å². The van der Waals surface area contributed by atoms with Crippen LogP contribution in [0.15, 0.2) is 202 Å². The lowest BCUT2D eigenvalue weighted by molar-refractivity contribution is -0.666. The second-order valence-corrected chi connectivity index (χ2v) is 27.0. The fourth-order valence-electron chi connectivity index (χ4n) is 14.0. The molecule has 0 aliphatic heterocycles. The van der Waals surface area contributed by atoms with Crippen LogP contribution in [-0.4, -0.2) is 64.4 Å². The van der Waals surface area contributed by atoms with Crippen LogP contribution in [0.1, 0.15) is 299 Å². The van der Waals surface area contributed by atoms with Crippen molar-refractivity contribution in [3.05, 3.63) is 247 Å². The topological polar surface area (TPSA) is 192 Å². The van der Waals surface area contributed by atoms with Gasteiger partial charge in [0.25, 0.3) is 54.9 Å². The Labute approximate surface area is 840 Å². The number of pyridine rings is 1. The van der Waals surface area contributed by atoms with Crippen LogP contribution in [-0.2, 0) is 42.3 Å². The molecule has 0 amide bonds. The maximum absolute atomic E-state index is 5.96. The fourth-order valence-corrected chi connectivity index (χ4v) is 15.1. The Morgan fingerprint density at radius 3 is 1.10 bits per heavy atom. The third-order valence-corrected chi connectivity index (χ3v) is 20.6. The second kappa shape index (κ2) is 77.7. The number of rotatable bonds is 4. The van der Waals surface area contributed by atoms with Crippen LogP contribution in [0.5, 0.6) is 0 Å². The standard InChI is InChI=1S/C21H22N3.C18H17N4.C17H14N3O.C17H14N3S.C9H10N5.18C2H6/c1-11-12(2)14(4)19-17-9-22-10-24(6)21(17)20-15(5)23-8-7-16(20)18(19)13(11)3;1-12-8-15-13-6-4-5-7-16(13)22(3)17(15)9-14(12)18-20-10-19-11-21(18)2;2*1-11-7-14-12-5-3-4-6-15(12)21-16(14)8-13(11)17-19-9-18-10-20(17)2;1-7-3-10-4-12-8(7)9-13-5-11-6-14(9)2;18*1-2/h7-10H,1-6H3;4-11H,1-3H3;2*3-10H,1-2H3;3-6H,1-2H3;18*1-2H3/q5*+1;;;;;;;;;;;;;;;;;;. The summed E-state index contributed by atoms with van der Waals surface area (Å²) in [5.74, 6) is 3.55. The summed E-state index contributed by atoms with van der Waals surface area (Å²) in [5.41, 5.74) is 20.8. The van der Waals surface area contributed by atoms with Gasteiger partial charge in [0.05, 0.1) is 62.7 Å². The van der Waals surface area contributed by atoms with E-state index < -0.39 is 0 Å². The molecule has 18 rings (SSSR count). The lowest BCUT2D eigenvalue weighted by Gasteiger charge is -2.18. The van der Waals surface area contributed by atoms with Crippen LogP contribution in [0, 0.1) is 62.3 Å². The maximum atomic E-state index is 5.96. The molecule has 0 saturated carbocycles. The first-order valence-corrected chi connectivity index (χ1v) is 52.3. The number of aryl methyl sites for hydroxylation is 13. The van der Waals surface area contributed by atoms with E-state index in [0.717, 1.165) is 73.3 Å². The van der Waals surface area contributed by atoms with E-state index in [-0.39, 0.29) is 0 Å². The third kappa shape index (κ3) is 34.7. The van der Waals surface area contributed by atoms with Crippen molar-refractivity contribution in [3.63, 3.8) is 0 Å². The maximum Gasteiger partial charge on any atom is 0.292 e. The third-order valence-electron chi connectivity index (χ3n) is 19.5. The molecule has 0 aliphatic carbocycles. The van der Waals surface area contributed by atoms with Crippen LogP contribution in [0.3, 0.4) is 0 Å². The Bertz CT molecular complexity index is 6030. The smallest absolute Gasteiger partial charge is 0.292 e. The molecule has 18 aromatic rings. The summed E-state index contributed by atoms with van der Waals surface area (Å²) in [7, 11) is 12.0. The molecule has 8 aromatic carbocycles. The van der Waals surface area contributed by atoms with Crippen molar-refractivity contribution in [2.24, 2.45) is 42.3 Å². The molecule has 0 saturated heterocycles. The van der Waals surface area contributed by atoms with E-state index in [1.54, 1.807) is 50.5 Å². The monoisotopic (exact) mass is 1900 g/mol. The summed E-state index contributed by atoms with van der Waals surface area (Å²) >= 11 is 1.83. The molecule has 19 nitrogen and oxygen atoms in total. The highest BCUT2D eigenvalue weighted by atomic mass is 32.1. The lowest BCUT2D eigenvalue weighted by atomic mass is 9.86. The van der Waals surface area contributed by atoms with Gasteiger partial charge in [0, 0.05) is 83.3 Å². The Balaban J connectivity index is -0.000000495. The van der Waals surface area contributed by atoms with E-state index in [1.807, 2.05) is 351 Å². The summed E-state index contributed by atoms with van der Waals surface area (Å²) in [6.45, 7) is 91.3. The SMILES string of the molecule is CC.CC.CC.CC.CC.CC.CC.CC.CC.CC.CC.CC.CC.CC.CC.CC.CC.CC.Cc1c(C)c(C)c2c3cnc[n+](C)c3c3c(C)nccc3c2c1C.Cc1cc2c(cc1-c1ncnc[n+]1C)oc1ccccc12.Cc1cc2c(cc1-c1ncnc[n+]1C)sc1ccccc12.Cc1cc2c3ccccc3n(C)c2cc1-c1ncnc[n+]1C.Cc1cncnc1-c1ncnc[n+]1C. The number of fused-ring (bicyclic) bond motifs is 15. The molecule has 0 N–H and O–H groups in total. The second-order valence-electron chi connectivity index (χ2n) is 25.9. The first kappa shape index (κ1) is 134. The van der Waals surface area contributed by atoms with Crippen molar-refractivity contribution in [1.29, 1.82) is 0 Å². The molecule has 0 fully saturated rings. The average molecular weight is 1900 g/mol. The number of furan rings is 1. The highest BCUT2D eigenvalue weighted by molar-refractivity contribution is 7.25. The largest absolute Gasteiger partial charge is 0.456 e. The Hall–Kier alpha value is -12.3. The zero-order chi connectivity index (χ0) is 107. The van der Waals surface area contributed by atoms with Crippen LogP contribution >= 0.6 is 11.3 Å². The normalized spacial score (nSPS) is 9.12. The molecule has 10 aromatic heterocycles. The van der Waals surface area contributed by atoms with Crippen molar-refractivity contribution in [1.82, 2.24) is 64.4 Å². The summed E-state index contributed by atoms with van der Waals surface area (Å²) in [6, 6.07) is 40.6. The van der Waals surface area contributed by atoms with E-state index in [9.17, 15) is 0 Å². The minimum absolute atomic E-state index is 0.792. The molecule has 0 atom stereocenters. The summed E-state index contributed by atoms with van der Waals surface area (Å²) in [6.07, 6.45) is 22.4. The van der Waals surface area contributed by atoms with E-state index in [2.05, 4.69) is 235 Å². The van der Waals surface area contributed by atoms with Crippen molar-refractivity contribution in [2.75, 3.05) is 0 Å². The predicted molar refractivity (Wildman–Crippen MR) is 607 cm³/mol. The van der Waals surface area contributed by atoms with Gasteiger partial charge in [-0.25, -0.2) is 32.8 Å². The van der Waals surface area contributed by atoms with Crippen molar-refractivity contribution < 1.29 is 27.3 Å². The van der Waals surface area contributed by atoms with Gasteiger partial charge in [-0.2, -0.15) is 0 Å². The highest BCUT2D eigenvalue weighted by Crippen LogP contribution is 2.42. The molecule has 0 bridgehead atoms. The van der Waals surface area contributed by atoms with Gasteiger partial charge in [0.1, 0.15) is 28.7 Å². The fraction of sp³-hybridized carbons (Fsp3) is 0.432.